The van der Waals surface area contributed by atoms with Crippen molar-refractivity contribution in [3.8, 4) is 0 Å². The molecule has 0 spiro atoms. The van der Waals surface area contributed by atoms with Crippen molar-refractivity contribution < 1.29 is 4.74 Å². The normalized spacial score (nSPS) is 21.0. The zero-order chi connectivity index (χ0) is 15.0. The summed E-state index contributed by atoms with van der Waals surface area (Å²) in [6.07, 6.45) is 4.46. The lowest BCUT2D eigenvalue weighted by molar-refractivity contribution is 0.0835. The van der Waals surface area contributed by atoms with Gasteiger partial charge in [-0.25, -0.2) is 9.67 Å². The van der Waals surface area contributed by atoms with Crippen molar-refractivity contribution in [3.63, 3.8) is 0 Å². The van der Waals surface area contributed by atoms with Gasteiger partial charge in [0.15, 0.2) is 5.82 Å². The summed E-state index contributed by atoms with van der Waals surface area (Å²) in [6, 6.07) is 10.8. The number of hydrogen-bond donors (Lipinski definition) is 0. The van der Waals surface area contributed by atoms with Gasteiger partial charge in [0.25, 0.3) is 0 Å². The number of aromatic nitrogens is 3. The lowest BCUT2D eigenvalue weighted by Gasteiger charge is -2.19. The second kappa shape index (κ2) is 5.51. The maximum Gasteiger partial charge on any atom is 0.154 e. The van der Waals surface area contributed by atoms with Crippen LogP contribution in [-0.4, -0.2) is 28.0 Å². The molecule has 0 N–H and O–H groups in total. The lowest BCUT2D eigenvalue weighted by atomic mass is 9.95. The van der Waals surface area contributed by atoms with Gasteiger partial charge < -0.3 is 4.74 Å². The molecule has 116 valence electrons. The highest BCUT2D eigenvalue weighted by Crippen LogP contribution is 2.52. The first kappa shape index (κ1) is 13.9. The molecule has 1 aliphatic heterocycles. The fraction of sp³-hybridized carbons (Fsp3) is 0.556. The van der Waals surface area contributed by atoms with Crippen molar-refractivity contribution in [2.24, 2.45) is 0 Å². The molecule has 0 amide bonds. The van der Waals surface area contributed by atoms with Gasteiger partial charge in [-0.1, -0.05) is 30.3 Å². The summed E-state index contributed by atoms with van der Waals surface area (Å²) in [5.41, 5.74) is 1.49. The van der Waals surface area contributed by atoms with Crippen molar-refractivity contribution in [3.05, 3.63) is 47.5 Å². The molecular weight excluding hydrogens is 274 g/mol. The predicted molar refractivity (Wildman–Crippen MR) is 84.9 cm³/mol. The topological polar surface area (TPSA) is 39.9 Å². The minimum atomic E-state index is 0.105. The summed E-state index contributed by atoms with van der Waals surface area (Å²) < 4.78 is 7.60. The Labute approximate surface area is 131 Å². The van der Waals surface area contributed by atoms with Gasteiger partial charge in [0, 0.05) is 25.7 Å². The maximum atomic E-state index is 5.47. The first-order chi connectivity index (χ1) is 10.8. The average molecular weight is 297 g/mol. The number of ether oxygens (including phenoxy) is 1. The van der Waals surface area contributed by atoms with E-state index < -0.39 is 0 Å². The summed E-state index contributed by atoms with van der Waals surface area (Å²) in [6.45, 7) is 4.72. The van der Waals surface area contributed by atoms with Crippen molar-refractivity contribution in [1.29, 1.82) is 0 Å². The fourth-order valence-corrected chi connectivity index (χ4v) is 3.59. The van der Waals surface area contributed by atoms with Crippen LogP contribution in [0.15, 0.2) is 30.3 Å². The summed E-state index contributed by atoms with van der Waals surface area (Å²) in [5.74, 6) is 2.66. The van der Waals surface area contributed by atoms with Crippen LogP contribution >= 0.6 is 0 Å². The molecule has 1 aromatic carbocycles. The summed E-state index contributed by atoms with van der Waals surface area (Å²) in [5, 5.41) is 4.83. The van der Waals surface area contributed by atoms with Crippen LogP contribution in [0.5, 0.6) is 0 Å². The Morgan fingerprint density at radius 2 is 1.91 bits per heavy atom. The van der Waals surface area contributed by atoms with E-state index >= 15 is 0 Å². The summed E-state index contributed by atoms with van der Waals surface area (Å²) in [7, 11) is 0. The average Bonchev–Trinajstić information content (AvgIpc) is 3.29. The second-order valence-corrected chi connectivity index (χ2v) is 6.44. The summed E-state index contributed by atoms with van der Waals surface area (Å²) >= 11 is 0. The van der Waals surface area contributed by atoms with Crippen LogP contribution in [0.25, 0.3) is 0 Å². The monoisotopic (exact) mass is 297 g/mol. The van der Waals surface area contributed by atoms with E-state index in [2.05, 4.69) is 41.9 Å². The van der Waals surface area contributed by atoms with Gasteiger partial charge in [-0.3, -0.25) is 0 Å². The number of rotatable bonds is 4. The molecule has 1 saturated carbocycles. The quantitative estimate of drug-likeness (QED) is 0.869. The number of hydrogen-bond acceptors (Lipinski definition) is 3. The minimum Gasteiger partial charge on any atom is -0.381 e. The van der Waals surface area contributed by atoms with Crippen LogP contribution < -0.4 is 0 Å². The Kier molecular flexibility index (Phi) is 3.49. The molecule has 2 aromatic rings. The smallest absolute Gasteiger partial charge is 0.154 e. The third-order valence-corrected chi connectivity index (χ3v) is 5.08. The van der Waals surface area contributed by atoms with Crippen LogP contribution in [0.4, 0.5) is 0 Å². The molecule has 4 rings (SSSR count). The molecule has 2 fully saturated rings. The van der Waals surface area contributed by atoms with E-state index in [0.717, 1.165) is 38.4 Å². The van der Waals surface area contributed by atoms with Crippen LogP contribution in [0.3, 0.4) is 0 Å². The van der Waals surface area contributed by atoms with E-state index in [9.17, 15) is 0 Å². The van der Waals surface area contributed by atoms with Gasteiger partial charge >= 0.3 is 0 Å². The molecule has 4 nitrogen and oxygen atoms in total. The Morgan fingerprint density at radius 1 is 1.18 bits per heavy atom. The lowest BCUT2D eigenvalue weighted by Crippen LogP contribution is -2.16. The van der Waals surface area contributed by atoms with Crippen LogP contribution in [0.2, 0.25) is 0 Å². The number of benzene rings is 1. The zero-order valence-corrected chi connectivity index (χ0v) is 13.2. The molecular formula is C18H23N3O. The van der Waals surface area contributed by atoms with Crippen molar-refractivity contribution in [1.82, 2.24) is 14.8 Å². The van der Waals surface area contributed by atoms with Gasteiger partial charge in [-0.05, 0) is 38.2 Å². The van der Waals surface area contributed by atoms with Crippen molar-refractivity contribution >= 4 is 0 Å². The standard InChI is InChI=1S/C18H23N3O/c1-2-21-17(18(10-11-18)15-6-4-3-5-7-15)19-16(20-21)14-8-12-22-13-9-14/h3-7,14H,2,8-13H2,1H3. The highest BCUT2D eigenvalue weighted by atomic mass is 16.5. The van der Waals surface area contributed by atoms with E-state index in [-0.39, 0.29) is 5.41 Å². The molecule has 2 aliphatic rings. The van der Waals surface area contributed by atoms with Crippen molar-refractivity contribution in [2.75, 3.05) is 13.2 Å². The number of nitrogens with zero attached hydrogens (tertiary/aromatic N) is 3. The van der Waals surface area contributed by atoms with Gasteiger partial charge in [-0.15, -0.1) is 0 Å². The van der Waals surface area contributed by atoms with Crippen LogP contribution in [-0.2, 0) is 16.7 Å². The highest BCUT2D eigenvalue weighted by Gasteiger charge is 2.50. The third kappa shape index (κ3) is 2.26. The van der Waals surface area contributed by atoms with E-state index in [1.54, 1.807) is 0 Å². The van der Waals surface area contributed by atoms with Crippen LogP contribution in [0, 0.1) is 0 Å². The van der Waals surface area contributed by atoms with E-state index in [4.69, 9.17) is 14.8 Å². The molecule has 0 radical (unpaired) electrons. The first-order valence-electron chi connectivity index (χ1n) is 8.42. The predicted octanol–water partition coefficient (Wildman–Crippen LogP) is 3.27. The Bertz CT molecular complexity index is 640. The van der Waals surface area contributed by atoms with Gasteiger partial charge in [0.1, 0.15) is 5.82 Å². The minimum absolute atomic E-state index is 0.105. The van der Waals surface area contributed by atoms with Gasteiger partial charge in [-0.2, -0.15) is 5.10 Å². The molecule has 0 atom stereocenters. The van der Waals surface area contributed by atoms with E-state index in [0.29, 0.717) is 5.92 Å². The van der Waals surface area contributed by atoms with Gasteiger partial charge in [0.2, 0.25) is 0 Å². The molecule has 4 heteroatoms. The Hall–Kier alpha value is -1.68. The van der Waals surface area contributed by atoms with E-state index in [1.165, 1.54) is 24.2 Å². The number of aryl methyl sites for hydroxylation is 1. The Morgan fingerprint density at radius 3 is 2.55 bits per heavy atom. The molecule has 2 heterocycles. The second-order valence-electron chi connectivity index (χ2n) is 6.44. The molecule has 0 unspecified atom stereocenters. The SMILES string of the molecule is CCn1nc(C2CCOCC2)nc1C1(c2ccccc2)CC1. The molecule has 0 bridgehead atoms. The third-order valence-electron chi connectivity index (χ3n) is 5.08. The van der Waals surface area contributed by atoms with E-state index in [1.807, 2.05) is 0 Å². The fourth-order valence-electron chi connectivity index (χ4n) is 3.59. The molecule has 1 saturated heterocycles. The Balaban J connectivity index is 1.71. The van der Waals surface area contributed by atoms with Gasteiger partial charge in [0.05, 0.1) is 5.41 Å². The largest absolute Gasteiger partial charge is 0.381 e. The summed E-state index contributed by atoms with van der Waals surface area (Å²) in [4.78, 5) is 5.01. The molecule has 1 aliphatic carbocycles. The molecule has 1 aromatic heterocycles. The maximum absolute atomic E-state index is 5.47. The molecule has 22 heavy (non-hydrogen) atoms. The zero-order valence-electron chi connectivity index (χ0n) is 13.2. The van der Waals surface area contributed by atoms with Crippen LogP contribution in [0.1, 0.15) is 55.7 Å². The highest BCUT2D eigenvalue weighted by molar-refractivity contribution is 5.39. The van der Waals surface area contributed by atoms with Crippen molar-refractivity contribution in [2.45, 2.75) is 50.5 Å². The first-order valence-corrected chi connectivity index (χ1v) is 8.42.